The van der Waals surface area contributed by atoms with E-state index < -0.39 is 0 Å². The van der Waals surface area contributed by atoms with Crippen LogP contribution in [0.4, 0.5) is 0 Å². The molecule has 32 heavy (non-hydrogen) atoms. The smallest absolute Gasteiger partial charge is 0.266 e. The Bertz CT molecular complexity index is 1370. The molecule has 0 bridgehead atoms. The van der Waals surface area contributed by atoms with Crippen LogP contribution in [0, 0.1) is 6.92 Å². The molecule has 4 aromatic rings. The highest BCUT2D eigenvalue weighted by Crippen LogP contribution is 2.21. The van der Waals surface area contributed by atoms with E-state index in [0.29, 0.717) is 27.3 Å². The maximum absolute atomic E-state index is 13.3. The Morgan fingerprint density at radius 1 is 1.12 bits per heavy atom. The third-order valence-electron chi connectivity index (χ3n) is 4.67. The van der Waals surface area contributed by atoms with Crippen LogP contribution in [-0.4, -0.2) is 32.5 Å². The van der Waals surface area contributed by atoms with E-state index in [9.17, 15) is 14.7 Å². The number of hydrogen-bond donors (Lipinski definition) is 2. The van der Waals surface area contributed by atoms with Gasteiger partial charge >= 0.3 is 0 Å². The van der Waals surface area contributed by atoms with Crippen molar-refractivity contribution in [1.29, 1.82) is 0 Å². The molecule has 0 saturated carbocycles. The number of carbonyl (C=O) groups is 1. The Hall–Kier alpha value is -3.91. The second kappa shape index (κ2) is 9.49. The SMILES string of the molecule is Cc1ccc2nc(SCC(=O)N/N=C/c3ccccc3O)n(-c3ccccc3)c(=O)c2c1. The lowest BCUT2D eigenvalue weighted by Gasteiger charge is -2.13. The first kappa shape index (κ1) is 21.3. The number of aryl methyl sites for hydroxylation is 1. The van der Waals surface area contributed by atoms with Crippen LogP contribution in [0.15, 0.2) is 87.8 Å². The lowest BCUT2D eigenvalue weighted by atomic mass is 10.1. The second-order valence-electron chi connectivity index (χ2n) is 7.03. The summed E-state index contributed by atoms with van der Waals surface area (Å²) in [6.07, 6.45) is 1.37. The number of nitrogens with one attached hydrogen (secondary N) is 1. The van der Waals surface area contributed by atoms with E-state index in [4.69, 9.17) is 0 Å². The van der Waals surface area contributed by atoms with Crippen molar-refractivity contribution in [3.8, 4) is 11.4 Å². The van der Waals surface area contributed by atoms with Gasteiger partial charge in [-0.2, -0.15) is 5.10 Å². The van der Waals surface area contributed by atoms with Gasteiger partial charge in [-0.1, -0.05) is 53.7 Å². The minimum Gasteiger partial charge on any atom is -0.507 e. The quantitative estimate of drug-likeness (QED) is 0.205. The van der Waals surface area contributed by atoms with E-state index >= 15 is 0 Å². The third-order valence-corrected chi connectivity index (χ3v) is 5.61. The van der Waals surface area contributed by atoms with Gasteiger partial charge in [0.15, 0.2) is 5.16 Å². The number of hydrazone groups is 1. The molecule has 2 N–H and O–H groups in total. The highest BCUT2D eigenvalue weighted by Gasteiger charge is 2.15. The van der Waals surface area contributed by atoms with E-state index in [0.717, 1.165) is 17.3 Å². The predicted molar refractivity (Wildman–Crippen MR) is 127 cm³/mol. The summed E-state index contributed by atoms with van der Waals surface area (Å²) in [5.41, 5.74) is 4.95. The topological polar surface area (TPSA) is 96.6 Å². The summed E-state index contributed by atoms with van der Waals surface area (Å²) < 4.78 is 1.52. The molecule has 0 aliphatic rings. The van der Waals surface area contributed by atoms with Gasteiger partial charge in [0.05, 0.1) is 28.6 Å². The molecule has 0 aliphatic heterocycles. The number of thioether (sulfide) groups is 1. The molecular weight excluding hydrogens is 424 g/mol. The van der Waals surface area contributed by atoms with Crippen LogP contribution in [-0.2, 0) is 4.79 Å². The fourth-order valence-electron chi connectivity index (χ4n) is 3.11. The molecule has 0 fully saturated rings. The van der Waals surface area contributed by atoms with Crippen LogP contribution in [0.3, 0.4) is 0 Å². The van der Waals surface area contributed by atoms with Crippen molar-refractivity contribution in [3.63, 3.8) is 0 Å². The summed E-state index contributed by atoms with van der Waals surface area (Å²) in [5, 5.41) is 14.6. The number of benzene rings is 3. The Morgan fingerprint density at radius 2 is 1.88 bits per heavy atom. The number of rotatable bonds is 6. The Kier molecular flexibility index (Phi) is 6.32. The van der Waals surface area contributed by atoms with Crippen LogP contribution in [0.5, 0.6) is 5.75 Å². The lowest BCUT2D eigenvalue weighted by Crippen LogP contribution is -2.24. The lowest BCUT2D eigenvalue weighted by molar-refractivity contribution is -0.118. The molecule has 1 aromatic heterocycles. The van der Waals surface area contributed by atoms with Crippen LogP contribution >= 0.6 is 11.8 Å². The van der Waals surface area contributed by atoms with Crippen LogP contribution in [0.1, 0.15) is 11.1 Å². The molecule has 0 spiro atoms. The fourth-order valence-corrected chi connectivity index (χ4v) is 3.92. The molecule has 0 aliphatic carbocycles. The molecule has 4 rings (SSSR count). The number of phenolic OH excluding ortho intramolecular Hbond substituents is 1. The zero-order chi connectivity index (χ0) is 22.5. The fraction of sp³-hybridized carbons (Fsp3) is 0.0833. The van der Waals surface area contributed by atoms with E-state index in [1.807, 2.05) is 55.5 Å². The Labute approximate surface area is 188 Å². The van der Waals surface area contributed by atoms with E-state index in [2.05, 4.69) is 15.5 Å². The molecular formula is C24H20N4O3S. The van der Waals surface area contributed by atoms with Gasteiger partial charge in [0, 0.05) is 5.56 Å². The van der Waals surface area contributed by atoms with Crippen molar-refractivity contribution in [2.24, 2.45) is 5.10 Å². The monoisotopic (exact) mass is 444 g/mol. The maximum atomic E-state index is 13.3. The average Bonchev–Trinajstić information content (AvgIpc) is 2.80. The first-order chi connectivity index (χ1) is 15.5. The Morgan fingerprint density at radius 3 is 2.66 bits per heavy atom. The first-order valence-electron chi connectivity index (χ1n) is 9.84. The molecule has 0 radical (unpaired) electrons. The highest BCUT2D eigenvalue weighted by atomic mass is 32.2. The number of nitrogens with zero attached hydrogens (tertiary/aromatic N) is 3. The summed E-state index contributed by atoms with van der Waals surface area (Å²) >= 11 is 1.15. The largest absolute Gasteiger partial charge is 0.507 e. The van der Waals surface area contributed by atoms with Crippen LogP contribution in [0.2, 0.25) is 0 Å². The number of carbonyl (C=O) groups excluding carboxylic acids is 1. The van der Waals surface area contributed by atoms with Crippen molar-refractivity contribution >= 4 is 34.8 Å². The number of hydrogen-bond acceptors (Lipinski definition) is 6. The van der Waals surface area contributed by atoms with Crippen molar-refractivity contribution in [3.05, 3.63) is 94.3 Å². The number of aromatic hydroxyl groups is 1. The Balaban J connectivity index is 1.58. The highest BCUT2D eigenvalue weighted by molar-refractivity contribution is 7.99. The zero-order valence-electron chi connectivity index (χ0n) is 17.2. The number of fused-ring (bicyclic) bond motifs is 1. The van der Waals surface area contributed by atoms with Gasteiger partial charge in [0.2, 0.25) is 0 Å². The van der Waals surface area contributed by atoms with Crippen molar-refractivity contribution in [2.45, 2.75) is 12.1 Å². The maximum Gasteiger partial charge on any atom is 0.266 e. The van der Waals surface area contributed by atoms with Gasteiger partial charge in [0.1, 0.15) is 5.75 Å². The molecule has 0 atom stereocenters. The standard InChI is InChI=1S/C24H20N4O3S/c1-16-11-12-20-19(13-16)23(31)28(18-8-3-2-4-9-18)24(26-20)32-15-22(30)27-25-14-17-7-5-6-10-21(17)29/h2-14,29H,15H2,1H3,(H,27,30)/b25-14+. The van der Waals surface area contributed by atoms with Gasteiger partial charge < -0.3 is 5.11 Å². The van der Waals surface area contributed by atoms with Gasteiger partial charge in [0.25, 0.3) is 11.5 Å². The van der Waals surface area contributed by atoms with E-state index in [1.165, 1.54) is 16.8 Å². The molecule has 7 nitrogen and oxygen atoms in total. The van der Waals surface area contributed by atoms with Crippen molar-refractivity contribution < 1.29 is 9.90 Å². The summed E-state index contributed by atoms with van der Waals surface area (Å²) in [6, 6.07) is 21.4. The number of aromatic nitrogens is 2. The molecule has 8 heteroatoms. The van der Waals surface area contributed by atoms with Gasteiger partial charge in [-0.15, -0.1) is 0 Å². The number of amides is 1. The minimum absolute atomic E-state index is 0.00868. The first-order valence-corrected chi connectivity index (χ1v) is 10.8. The molecule has 1 amide bonds. The molecule has 1 heterocycles. The molecule has 0 saturated heterocycles. The summed E-state index contributed by atoms with van der Waals surface area (Å²) in [4.78, 5) is 30.2. The predicted octanol–water partition coefficient (Wildman–Crippen LogP) is 3.64. The van der Waals surface area contributed by atoms with E-state index in [1.54, 1.807) is 18.2 Å². The van der Waals surface area contributed by atoms with Gasteiger partial charge in [-0.25, -0.2) is 10.4 Å². The zero-order valence-corrected chi connectivity index (χ0v) is 18.0. The summed E-state index contributed by atoms with van der Waals surface area (Å²) in [6.45, 7) is 1.93. The van der Waals surface area contributed by atoms with Gasteiger partial charge in [-0.05, 0) is 43.3 Å². The summed E-state index contributed by atoms with van der Waals surface area (Å²) in [7, 11) is 0. The van der Waals surface area contributed by atoms with Crippen LogP contribution < -0.4 is 11.0 Å². The third kappa shape index (κ3) is 4.70. The molecule has 160 valence electrons. The number of phenols is 1. The van der Waals surface area contributed by atoms with Gasteiger partial charge in [-0.3, -0.25) is 14.2 Å². The van der Waals surface area contributed by atoms with E-state index in [-0.39, 0.29) is 23.0 Å². The average molecular weight is 445 g/mol. The van der Waals surface area contributed by atoms with Crippen molar-refractivity contribution in [1.82, 2.24) is 15.0 Å². The minimum atomic E-state index is -0.362. The van der Waals surface area contributed by atoms with Crippen LogP contribution in [0.25, 0.3) is 16.6 Å². The number of para-hydroxylation sites is 2. The van der Waals surface area contributed by atoms with Crippen molar-refractivity contribution in [2.75, 3.05) is 5.75 Å². The molecule has 0 unspecified atom stereocenters. The molecule has 3 aromatic carbocycles. The summed E-state index contributed by atoms with van der Waals surface area (Å²) in [5.74, 6) is -0.281. The normalized spacial score (nSPS) is 11.2. The second-order valence-corrected chi connectivity index (χ2v) is 7.97.